The number of nitrogens with two attached hydrogens (primary N) is 1. The molecule has 1 saturated heterocycles. The Morgan fingerprint density at radius 1 is 1.04 bits per heavy atom. The van der Waals surface area contributed by atoms with Gasteiger partial charge in [-0.15, -0.1) is 0 Å². The number of rotatable bonds is 5. The van der Waals surface area contributed by atoms with E-state index in [9.17, 15) is 0 Å². The maximum Gasteiger partial charge on any atom is 0.158 e. The van der Waals surface area contributed by atoms with Crippen LogP contribution >= 0.6 is 0 Å². The zero-order chi connectivity index (χ0) is 17.1. The normalized spacial score (nSPS) is 17.1. The van der Waals surface area contributed by atoms with Crippen molar-refractivity contribution in [1.82, 2.24) is 14.8 Å². The lowest BCUT2D eigenvalue weighted by Gasteiger charge is -2.07. The van der Waals surface area contributed by atoms with Crippen molar-refractivity contribution in [3.63, 3.8) is 0 Å². The van der Waals surface area contributed by atoms with Crippen LogP contribution in [0.1, 0.15) is 29.3 Å². The van der Waals surface area contributed by atoms with Gasteiger partial charge in [0, 0.05) is 24.6 Å². The molecule has 2 heterocycles. The van der Waals surface area contributed by atoms with E-state index < -0.39 is 0 Å². The van der Waals surface area contributed by atoms with Crippen LogP contribution in [0.25, 0.3) is 11.4 Å². The van der Waals surface area contributed by atoms with E-state index in [1.54, 1.807) is 0 Å². The lowest BCUT2D eigenvalue weighted by molar-refractivity contribution is 0.193. The van der Waals surface area contributed by atoms with Gasteiger partial charge in [0.2, 0.25) is 0 Å². The monoisotopic (exact) mass is 334 g/mol. The molecule has 4 rings (SSSR count). The van der Waals surface area contributed by atoms with Gasteiger partial charge in [0.15, 0.2) is 11.6 Å². The van der Waals surface area contributed by atoms with Crippen LogP contribution in [0.4, 0.5) is 0 Å². The van der Waals surface area contributed by atoms with Crippen LogP contribution in [-0.2, 0) is 17.8 Å². The van der Waals surface area contributed by atoms with E-state index in [1.165, 1.54) is 5.56 Å². The summed E-state index contributed by atoms with van der Waals surface area (Å²) in [7, 11) is 0. The Kier molecular flexibility index (Phi) is 4.59. The molecule has 5 nitrogen and oxygen atoms in total. The lowest BCUT2D eigenvalue weighted by atomic mass is 10.1. The summed E-state index contributed by atoms with van der Waals surface area (Å²) in [6.07, 6.45) is 0.987. The van der Waals surface area contributed by atoms with Gasteiger partial charge < -0.3 is 10.5 Å². The van der Waals surface area contributed by atoms with Crippen molar-refractivity contribution in [2.24, 2.45) is 5.73 Å². The van der Waals surface area contributed by atoms with Gasteiger partial charge in [-0.1, -0.05) is 54.6 Å². The number of hydrogen-bond acceptors (Lipinski definition) is 4. The molecule has 0 aliphatic carbocycles. The summed E-state index contributed by atoms with van der Waals surface area (Å²) in [5, 5.41) is 4.81. The first-order chi connectivity index (χ1) is 12.3. The number of ether oxygens (including phenoxy) is 1. The Labute approximate surface area is 147 Å². The standard InChI is InChI=1S/C20H22N4O/c21-12-15-6-8-17(9-7-15)20-22-19(18-10-11-25-14-18)23-24(20)13-16-4-2-1-3-5-16/h1-9,18H,10-14,21H2. The van der Waals surface area contributed by atoms with Gasteiger partial charge in [-0.05, 0) is 17.5 Å². The summed E-state index contributed by atoms with van der Waals surface area (Å²) in [6, 6.07) is 18.6. The maximum absolute atomic E-state index is 5.71. The highest BCUT2D eigenvalue weighted by Gasteiger charge is 2.24. The summed E-state index contributed by atoms with van der Waals surface area (Å²) in [6.45, 7) is 2.75. The van der Waals surface area contributed by atoms with Crippen molar-refractivity contribution in [1.29, 1.82) is 0 Å². The third-order valence-corrected chi connectivity index (χ3v) is 4.61. The minimum absolute atomic E-state index is 0.291. The average molecular weight is 334 g/mol. The largest absolute Gasteiger partial charge is 0.381 e. The molecule has 0 bridgehead atoms. The van der Waals surface area contributed by atoms with Crippen LogP contribution in [0.15, 0.2) is 54.6 Å². The fourth-order valence-corrected chi connectivity index (χ4v) is 3.14. The zero-order valence-electron chi connectivity index (χ0n) is 14.1. The van der Waals surface area contributed by atoms with Gasteiger partial charge in [-0.2, -0.15) is 5.10 Å². The third kappa shape index (κ3) is 3.48. The Bertz CT molecular complexity index is 821. The molecule has 1 aromatic heterocycles. The minimum Gasteiger partial charge on any atom is -0.381 e. The number of hydrogen-bond donors (Lipinski definition) is 1. The smallest absolute Gasteiger partial charge is 0.158 e. The summed E-state index contributed by atoms with van der Waals surface area (Å²) in [5.41, 5.74) is 9.09. The molecule has 2 aromatic carbocycles. The molecule has 1 atom stereocenters. The zero-order valence-corrected chi connectivity index (χ0v) is 14.1. The van der Waals surface area contributed by atoms with Crippen molar-refractivity contribution in [3.8, 4) is 11.4 Å². The molecular weight excluding hydrogens is 312 g/mol. The van der Waals surface area contributed by atoms with E-state index in [0.29, 0.717) is 25.6 Å². The second-order valence-corrected chi connectivity index (χ2v) is 6.40. The average Bonchev–Trinajstić information content (AvgIpc) is 3.32. The van der Waals surface area contributed by atoms with E-state index in [1.807, 2.05) is 22.9 Å². The third-order valence-electron chi connectivity index (χ3n) is 4.61. The maximum atomic E-state index is 5.71. The summed E-state index contributed by atoms with van der Waals surface area (Å²) in [4.78, 5) is 4.85. The second kappa shape index (κ2) is 7.17. The van der Waals surface area contributed by atoms with Gasteiger partial charge in [0.1, 0.15) is 0 Å². The Hall–Kier alpha value is -2.50. The van der Waals surface area contributed by atoms with Gasteiger partial charge in [0.05, 0.1) is 13.2 Å². The van der Waals surface area contributed by atoms with Crippen LogP contribution < -0.4 is 5.73 Å². The van der Waals surface area contributed by atoms with Crippen molar-refractivity contribution in [2.45, 2.75) is 25.4 Å². The van der Waals surface area contributed by atoms with Crippen LogP contribution in [-0.4, -0.2) is 28.0 Å². The molecule has 2 N–H and O–H groups in total. The summed E-state index contributed by atoms with van der Waals surface area (Å²) >= 11 is 0. The molecule has 1 fully saturated rings. The molecule has 1 aliphatic rings. The molecule has 5 heteroatoms. The predicted molar refractivity (Wildman–Crippen MR) is 97.1 cm³/mol. The van der Waals surface area contributed by atoms with Crippen molar-refractivity contribution < 1.29 is 4.74 Å². The highest BCUT2D eigenvalue weighted by atomic mass is 16.5. The van der Waals surface area contributed by atoms with E-state index in [4.69, 9.17) is 20.6 Å². The highest BCUT2D eigenvalue weighted by Crippen LogP contribution is 2.26. The van der Waals surface area contributed by atoms with Crippen LogP contribution in [0.2, 0.25) is 0 Å². The van der Waals surface area contributed by atoms with Crippen molar-refractivity contribution >= 4 is 0 Å². The Balaban J connectivity index is 1.71. The molecule has 1 unspecified atom stereocenters. The van der Waals surface area contributed by atoms with Crippen LogP contribution in [0.3, 0.4) is 0 Å². The number of nitrogens with zero attached hydrogens (tertiary/aromatic N) is 3. The lowest BCUT2D eigenvalue weighted by Crippen LogP contribution is -2.06. The van der Waals surface area contributed by atoms with Gasteiger partial charge in [0.25, 0.3) is 0 Å². The van der Waals surface area contributed by atoms with Crippen molar-refractivity contribution in [2.75, 3.05) is 13.2 Å². The molecule has 0 amide bonds. The second-order valence-electron chi connectivity index (χ2n) is 6.40. The predicted octanol–water partition coefficient (Wildman–Crippen LogP) is 2.96. The van der Waals surface area contributed by atoms with Gasteiger partial charge >= 0.3 is 0 Å². The molecule has 0 saturated carbocycles. The first-order valence-corrected chi connectivity index (χ1v) is 8.69. The molecular formula is C20H22N4O. The van der Waals surface area contributed by atoms with Crippen LogP contribution in [0.5, 0.6) is 0 Å². The Morgan fingerprint density at radius 3 is 2.52 bits per heavy atom. The molecule has 3 aromatic rings. The highest BCUT2D eigenvalue weighted by molar-refractivity contribution is 5.56. The molecule has 0 radical (unpaired) electrons. The first-order valence-electron chi connectivity index (χ1n) is 8.69. The number of benzene rings is 2. The fourth-order valence-electron chi connectivity index (χ4n) is 3.14. The first kappa shape index (κ1) is 16.0. The van der Waals surface area contributed by atoms with E-state index in [-0.39, 0.29) is 0 Å². The molecule has 128 valence electrons. The van der Waals surface area contributed by atoms with Crippen LogP contribution in [0, 0.1) is 0 Å². The molecule has 25 heavy (non-hydrogen) atoms. The van der Waals surface area contributed by atoms with E-state index in [2.05, 4.69) is 36.4 Å². The van der Waals surface area contributed by atoms with E-state index in [0.717, 1.165) is 35.8 Å². The van der Waals surface area contributed by atoms with E-state index >= 15 is 0 Å². The number of aromatic nitrogens is 3. The molecule has 1 aliphatic heterocycles. The summed E-state index contributed by atoms with van der Waals surface area (Å²) < 4.78 is 7.51. The Morgan fingerprint density at radius 2 is 1.84 bits per heavy atom. The summed E-state index contributed by atoms with van der Waals surface area (Å²) in [5.74, 6) is 2.07. The fraction of sp³-hybridized carbons (Fsp3) is 0.300. The SMILES string of the molecule is NCc1ccc(-c2nc(C3CCOC3)nn2Cc2ccccc2)cc1. The topological polar surface area (TPSA) is 66.0 Å². The van der Waals surface area contributed by atoms with Gasteiger partial charge in [-0.3, -0.25) is 0 Å². The van der Waals surface area contributed by atoms with Crippen molar-refractivity contribution in [3.05, 3.63) is 71.5 Å². The molecule has 0 spiro atoms. The quantitative estimate of drug-likeness (QED) is 0.779. The van der Waals surface area contributed by atoms with Gasteiger partial charge in [-0.25, -0.2) is 9.67 Å². The minimum atomic E-state index is 0.291.